The highest BCUT2D eigenvalue weighted by atomic mass is 79.9. The Morgan fingerprint density at radius 1 is 1.00 bits per heavy atom. The van der Waals surface area contributed by atoms with E-state index in [1.165, 1.54) is 0 Å². The third-order valence-electron chi connectivity index (χ3n) is 5.41. The maximum absolute atomic E-state index is 13.1. The van der Waals surface area contributed by atoms with E-state index in [2.05, 4.69) is 28.1 Å². The van der Waals surface area contributed by atoms with Gasteiger partial charge in [-0.25, -0.2) is 4.98 Å². The van der Waals surface area contributed by atoms with Gasteiger partial charge in [0.1, 0.15) is 11.6 Å². The Hall–Kier alpha value is -2.92. The van der Waals surface area contributed by atoms with Gasteiger partial charge in [-0.15, -0.1) is 0 Å². The van der Waals surface area contributed by atoms with Crippen LogP contribution >= 0.6 is 15.9 Å². The highest BCUT2D eigenvalue weighted by molar-refractivity contribution is 9.10. The number of rotatable bonds is 3. The van der Waals surface area contributed by atoms with Gasteiger partial charge in [0.2, 0.25) is 5.89 Å². The van der Waals surface area contributed by atoms with Gasteiger partial charge in [0.05, 0.1) is 5.56 Å². The largest absolute Gasteiger partial charge is 0.438 e. The smallest absolute Gasteiger partial charge is 0.255 e. The van der Waals surface area contributed by atoms with Gasteiger partial charge in [0.25, 0.3) is 5.91 Å². The molecule has 1 unspecified atom stereocenters. The normalized spacial score (nSPS) is 16.4. The molecular weight excluding hydrogens is 428 g/mol. The van der Waals surface area contributed by atoms with Crippen LogP contribution in [-0.2, 0) is 0 Å². The van der Waals surface area contributed by atoms with E-state index in [1.807, 2.05) is 65.6 Å². The third-order valence-corrected chi connectivity index (χ3v) is 6.11. The highest BCUT2D eigenvalue weighted by Crippen LogP contribution is 2.36. The number of benzene rings is 3. The molecule has 1 amide bonds. The summed E-state index contributed by atoms with van der Waals surface area (Å²) in [6, 6.07) is 23.7. The number of hydrogen-bond donors (Lipinski definition) is 0. The van der Waals surface area contributed by atoms with Crippen molar-refractivity contribution in [1.29, 1.82) is 0 Å². The molecule has 1 aromatic heterocycles. The van der Waals surface area contributed by atoms with Crippen LogP contribution in [0.5, 0.6) is 0 Å². The Bertz CT molecular complexity index is 1190. The zero-order valence-electron chi connectivity index (χ0n) is 15.7. The Balaban J connectivity index is 1.48. The molecule has 4 aromatic rings. The Labute approximate surface area is 177 Å². The molecule has 144 valence electrons. The number of oxazole rings is 1. The van der Waals surface area contributed by atoms with Crippen LogP contribution in [0.2, 0.25) is 0 Å². The van der Waals surface area contributed by atoms with Gasteiger partial charge in [-0.05, 0) is 64.2 Å². The predicted octanol–water partition coefficient (Wildman–Crippen LogP) is 6.23. The molecule has 0 N–H and O–H groups in total. The van der Waals surface area contributed by atoms with Crippen molar-refractivity contribution in [2.75, 3.05) is 6.54 Å². The minimum atomic E-state index is -0.137. The molecule has 0 aliphatic carbocycles. The lowest BCUT2D eigenvalue weighted by Crippen LogP contribution is -2.30. The zero-order valence-corrected chi connectivity index (χ0v) is 17.3. The quantitative estimate of drug-likeness (QED) is 0.374. The van der Waals surface area contributed by atoms with Crippen molar-refractivity contribution in [2.45, 2.75) is 18.9 Å². The van der Waals surface area contributed by atoms with Crippen molar-refractivity contribution in [2.24, 2.45) is 0 Å². The molecule has 29 heavy (non-hydrogen) atoms. The molecular formula is C24H19BrN2O2. The molecule has 4 nitrogen and oxygen atoms in total. The monoisotopic (exact) mass is 446 g/mol. The number of amides is 1. The molecule has 0 radical (unpaired) electrons. The molecule has 2 heterocycles. The summed E-state index contributed by atoms with van der Waals surface area (Å²) in [7, 11) is 0. The van der Waals surface area contributed by atoms with E-state index in [0.717, 1.165) is 39.5 Å². The van der Waals surface area contributed by atoms with E-state index < -0.39 is 0 Å². The topological polar surface area (TPSA) is 46.3 Å². The minimum absolute atomic E-state index is 0.00667. The summed E-state index contributed by atoms with van der Waals surface area (Å²) in [5, 5.41) is 0. The number of nitrogens with zero attached hydrogens (tertiary/aromatic N) is 2. The number of carbonyl (C=O) groups is 1. The average Bonchev–Trinajstić information content (AvgIpc) is 3.40. The molecule has 0 spiro atoms. The lowest BCUT2D eigenvalue weighted by molar-refractivity contribution is 0.0716. The van der Waals surface area contributed by atoms with E-state index in [1.54, 1.807) is 0 Å². The molecule has 1 aliphatic heterocycles. The van der Waals surface area contributed by atoms with Gasteiger partial charge in [-0.2, -0.15) is 0 Å². The van der Waals surface area contributed by atoms with Crippen LogP contribution in [0.15, 0.2) is 81.7 Å². The molecule has 1 saturated heterocycles. The average molecular weight is 447 g/mol. The number of hydrogen-bond acceptors (Lipinski definition) is 3. The number of carbonyl (C=O) groups excluding carboxylic acids is 1. The lowest BCUT2D eigenvalue weighted by atomic mass is 10.1. The Morgan fingerprint density at radius 2 is 1.79 bits per heavy atom. The highest BCUT2D eigenvalue weighted by Gasteiger charge is 2.34. The number of likely N-dealkylation sites (tertiary alicyclic amines) is 1. The molecule has 3 aromatic carbocycles. The Morgan fingerprint density at radius 3 is 2.62 bits per heavy atom. The molecule has 0 saturated carbocycles. The number of fused-ring (bicyclic) bond motifs is 1. The molecule has 5 rings (SSSR count). The maximum atomic E-state index is 13.1. The second kappa shape index (κ2) is 7.48. The van der Waals surface area contributed by atoms with Crippen LogP contribution in [0.4, 0.5) is 0 Å². The number of aromatic nitrogens is 1. The first-order chi connectivity index (χ1) is 14.2. The van der Waals surface area contributed by atoms with Crippen LogP contribution < -0.4 is 0 Å². The van der Waals surface area contributed by atoms with Gasteiger partial charge in [-0.3, -0.25) is 4.79 Å². The van der Waals surface area contributed by atoms with E-state index in [0.29, 0.717) is 18.0 Å². The van der Waals surface area contributed by atoms with Crippen molar-refractivity contribution >= 4 is 32.9 Å². The first-order valence-corrected chi connectivity index (χ1v) is 10.5. The van der Waals surface area contributed by atoms with E-state index in [4.69, 9.17) is 9.40 Å². The van der Waals surface area contributed by atoms with Gasteiger partial charge in [0.15, 0.2) is 5.58 Å². The van der Waals surface area contributed by atoms with E-state index in [9.17, 15) is 4.79 Å². The lowest BCUT2D eigenvalue weighted by Gasteiger charge is -2.22. The fourth-order valence-electron chi connectivity index (χ4n) is 3.95. The summed E-state index contributed by atoms with van der Waals surface area (Å²) in [6.07, 6.45) is 1.80. The van der Waals surface area contributed by atoms with Crippen molar-refractivity contribution in [3.05, 3.63) is 88.7 Å². The van der Waals surface area contributed by atoms with Crippen LogP contribution in [0, 0.1) is 0 Å². The fraction of sp³-hybridized carbons (Fsp3) is 0.167. The summed E-state index contributed by atoms with van der Waals surface area (Å²) < 4.78 is 6.88. The van der Waals surface area contributed by atoms with Crippen LogP contribution in [0.1, 0.15) is 35.1 Å². The second-order valence-corrected chi connectivity index (χ2v) is 8.09. The summed E-state index contributed by atoms with van der Waals surface area (Å²) in [4.78, 5) is 19.8. The summed E-state index contributed by atoms with van der Waals surface area (Å²) >= 11 is 3.49. The van der Waals surface area contributed by atoms with Crippen molar-refractivity contribution < 1.29 is 9.21 Å². The minimum Gasteiger partial charge on any atom is -0.438 e. The molecule has 1 atom stereocenters. The van der Waals surface area contributed by atoms with Crippen LogP contribution in [-0.4, -0.2) is 22.3 Å². The first kappa shape index (κ1) is 18.1. The first-order valence-electron chi connectivity index (χ1n) is 9.72. The van der Waals surface area contributed by atoms with Gasteiger partial charge in [-0.1, -0.05) is 48.5 Å². The standard InChI is InChI=1S/C24H19BrN2O2/c25-19-10-5-4-9-18(19)24(28)27-14-6-11-21(27)23-26-20-15-17(12-13-22(20)29-23)16-7-2-1-3-8-16/h1-5,7-10,12-13,15,21H,6,11,14H2. The second-order valence-electron chi connectivity index (χ2n) is 7.24. The van der Waals surface area contributed by atoms with E-state index >= 15 is 0 Å². The van der Waals surface area contributed by atoms with Crippen LogP contribution in [0.3, 0.4) is 0 Å². The van der Waals surface area contributed by atoms with Gasteiger partial charge < -0.3 is 9.32 Å². The zero-order chi connectivity index (χ0) is 19.8. The van der Waals surface area contributed by atoms with Crippen molar-refractivity contribution in [3.63, 3.8) is 0 Å². The van der Waals surface area contributed by atoms with Crippen molar-refractivity contribution in [3.8, 4) is 11.1 Å². The SMILES string of the molecule is O=C(c1ccccc1Br)N1CCCC1c1nc2cc(-c3ccccc3)ccc2o1. The molecule has 0 bridgehead atoms. The summed E-state index contributed by atoms with van der Waals surface area (Å²) in [5.74, 6) is 0.621. The van der Waals surface area contributed by atoms with Gasteiger partial charge >= 0.3 is 0 Å². The van der Waals surface area contributed by atoms with Crippen molar-refractivity contribution in [1.82, 2.24) is 9.88 Å². The molecule has 5 heteroatoms. The third kappa shape index (κ3) is 3.36. The summed E-state index contributed by atoms with van der Waals surface area (Å²) in [6.45, 7) is 0.707. The fourth-order valence-corrected chi connectivity index (χ4v) is 4.41. The maximum Gasteiger partial charge on any atom is 0.255 e. The molecule has 1 fully saturated rings. The predicted molar refractivity (Wildman–Crippen MR) is 117 cm³/mol. The molecule has 1 aliphatic rings. The van der Waals surface area contributed by atoms with Gasteiger partial charge in [0, 0.05) is 11.0 Å². The number of halogens is 1. The Kier molecular flexibility index (Phi) is 4.68. The van der Waals surface area contributed by atoms with E-state index in [-0.39, 0.29) is 11.9 Å². The van der Waals surface area contributed by atoms with Crippen LogP contribution in [0.25, 0.3) is 22.2 Å². The summed E-state index contributed by atoms with van der Waals surface area (Å²) in [5.41, 5.74) is 4.49.